The van der Waals surface area contributed by atoms with Gasteiger partial charge in [0.1, 0.15) is 0 Å². The molecule has 0 fully saturated rings. The summed E-state index contributed by atoms with van der Waals surface area (Å²) in [5.41, 5.74) is 18.8. The topological polar surface area (TPSA) is 0 Å². The van der Waals surface area contributed by atoms with Gasteiger partial charge in [-0.2, -0.15) is 0 Å². The van der Waals surface area contributed by atoms with E-state index in [2.05, 4.69) is 146 Å². The molecule has 0 saturated heterocycles. The first-order valence-corrected chi connectivity index (χ1v) is 15.3. The lowest BCUT2D eigenvalue weighted by atomic mass is 9.70. The van der Waals surface area contributed by atoms with Gasteiger partial charge in [0.15, 0.2) is 0 Å². The van der Waals surface area contributed by atoms with Crippen molar-refractivity contribution in [3.05, 3.63) is 124 Å². The third-order valence-electron chi connectivity index (χ3n) is 8.90. The highest BCUT2D eigenvalue weighted by molar-refractivity contribution is 5.98. The van der Waals surface area contributed by atoms with Crippen LogP contribution in [-0.2, 0) is 17.3 Å². The first-order valence-electron chi connectivity index (χ1n) is 15.3. The molecule has 0 nitrogen and oxygen atoms in total. The van der Waals surface area contributed by atoms with Crippen LogP contribution >= 0.6 is 0 Å². The average molecular weight is 537 g/mol. The van der Waals surface area contributed by atoms with Crippen molar-refractivity contribution in [2.75, 3.05) is 0 Å². The lowest BCUT2D eigenvalue weighted by Gasteiger charge is -2.33. The maximum atomic E-state index is 2.56. The molecular weight excluding hydrogens is 492 g/mol. The standard InChI is InChI=1S/C41H44/c1-26(2)35-33-24-30-23-31(27-17-11-9-12-18-27)34(40(3,4)5)25-32(30)38(33)37(29-21-15-16-22-29)39(41(6,7)8)36(35)28-19-13-10-14-20-28/h9-21,23,25-26H,22,24H2,1-8H3. The van der Waals surface area contributed by atoms with E-state index in [4.69, 9.17) is 0 Å². The van der Waals surface area contributed by atoms with E-state index in [-0.39, 0.29) is 10.8 Å². The molecule has 0 heteroatoms. The molecule has 4 aromatic rings. The highest BCUT2D eigenvalue weighted by Gasteiger charge is 2.37. The number of benzene rings is 4. The summed E-state index contributed by atoms with van der Waals surface area (Å²) in [7, 11) is 0. The Labute approximate surface area is 247 Å². The molecule has 6 rings (SSSR count). The summed E-state index contributed by atoms with van der Waals surface area (Å²) in [6.45, 7) is 19.1. The van der Waals surface area contributed by atoms with Gasteiger partial charge in [0.2, 0.25) is 0 Å². The van der Waals surface area contributed by atoms with Crippen molar-refractivity contribution in [1.82, 2.24) is 0 Å². The molecule has 0 aliphatic heterocycles. The average Bonchev–Trinajstić information content (AvgIpc) is 3.59. The maximum Gasteiger partial charge on any atom is -0.000994 e. The minimum Gasteiger partial charge on any atom is -0.0801 e. The predicted octanol–water partition coefficient (Wildman–Crippen LogP) is 11.7. The molecule has 0 aromatic heterocycles. The molecule has 0 unspecified atom stereocenters. The lowest BCUT2D eigenvalue weighted by molar-refractivity contribution is 0.588. The lowest BCUT2D eigenvalue weighted by Crippen LogP contribution is -2.19. The Morgan fingerprint density at radius 3 is 1.83 bits per heavy atom. The van der Waals surface area contributed by atoms with Gasteiger partial charge < -0.3 is 0 Å². The fraction of sp³-hybridized carbons (Fsp3) is 0.317. The van der Waals surface area contributed by atoms with Crippen molar-refractivity contribution >= 4 is 5.57 Å². The van der Waals surface area contributed by atoms with Crippen LogP contribution in [0.2, 0.25) is 0 Å². The Balaban J connectivity index is 1.77. The monoisotopic (exact) mass is 536 g/mol. The quantitative estimate of drug-likeness (QED) is 0.214. The minimum atomic E-state index is -0.0256. The van der Waals surface area contributed by atoms with Crippen LogP contribution in [0.5, 0.6) is 0 Å². The number of hydrogen-bond acceptors (Lipinski definition) is 0. The van der Waals surface area contributed by atoms with Crippen molar-refractivity contribution in [3.63, 3.8) is 0 Å². The van der Waals surface area contributed by atoms with Gasteiger partial charge >= 0.3 is 0 Å². The van der Waals surface area contributed by atoms with Crippen molar-refractivity contribution in [1.29, 1.82) is 0 Å². The van der Waals surface area contributed by atoms with E-state index in [1.54, 1.807) is 0 Å². The summed E-state index contributed by atoms with van der Waals surface area (Å²) >= 11 is 0. The molecule has 41 heavy (non-hydrogen) atoms. The van der Waals surface area contributed by atoms with E-state index in [9.17, 15) is 0 Å². The minimum absolute atomic E-state index is 0.0228. The Kier molecular flexibility index (Phi) is 6.73. The summed E-state index contributed by atoms with van der Waals surface area (Å²) in [5, 5.41) is 0. The molecule has 0 N–H and O–H groups in total. The molecule has 0 heterocycles. The number of fused-ring (bicyclic) bond motifs is 3. The summed E-state index contributed by atoms with van der Waals surface area (Å²) in [4.78, 5) is 0. The highest BCUT2D eigenvalue weighted by Crippen LogP contribution is 2.55. The third kappa shape index (κ3) is 4.72. The van der Waals surface area contributed by atoms with Gasteiger partial charge in [-0.15, -0.1) is 0 Å². The number of hydrogen-bond donors (Lipinski definition) is 0. The normalized spacial score (nSPS) is 14.4. The second-order valence-electron chi connectivity index (χ2n) is 14.3. The predicted molar refractivity (Wildman–Crippen MR) is 179 cm³/mol. The third-order valence-corrected chi connectivity index (χ3v) is 8.90. The van der Waals surface area contributed by atoms with E-state index in [0.717, 1.165) is 12.8 Å². The zero-order valence-electron chi connectivity index (χ0n) is 26.2. The van der Waals surface area contributed by atoms with Crippen LogP contribution in [0.25, 0.3) is 39.0 Å². The highest BCUT2D eigenvalue weighted by atomic mass is 14.4. The van der Waals surface area contributed by atoms with Gasteiger partial charge in [-0.3, -0.25) is 0 Å². The zero-order valence-corrected chi connectivity index (χ0v) is 26.2. The SMILES string of the molecule is CC(C)c1c2c(c(C3=CC=CC3)c(C(C)(C)C)c1-c1ccccc1)-c1cc(C(C)(C)C)c(-c3ccccc3)cc1C2. The summed E-state index contributed by atoms with van der Waals surface area (Å²) in [6.07, 6.45) is 8.92. The molecule has 0 atom stereocenters. The molecule has 4 aromatic carbocycles. The Morgan fingerprint density at radius 2 is 1.29 bits per heavy atom. The van der Waals surface area contributed by atoms with Crippen molar-refractivity contribution < 1.29 is 0 Å². The smallest absolute Gasteiger partial charge is 0.000994 e. The zero-order chi connectivity index (χ0) is 29.1. The van der Waals surface area contributed by atoms with Crippen LogP contribution in [0.15, 0.2) is 91.0 Å². The van der Waals surface area contributed by atoms with Crippen molar-refractivity contribution in [2.45, 2.75) is 85.0 Å². The summed E-state index contributed by atoms with van der Waals surface area (Å²) < 4.78 is 0. The van der Waals surface area contributed by atoms with Gasteiger partial charge in [0.05, 0.1) is 0 Å². The molecule has 0 saturated carbocycles. The molecule has 0 bridgehead atoms. The van der Waals surface area contributed by atoms with Crippen LogP contribution in [0, 0.1) is 0 Å². The van der Waals surface area contributed by atoms with E-state index in [0.29, 0.717) is 5.92 Å². The molecular formula is C41H44. The number of rotatable bonds is 4. The van der Waals surface area contributed by atoms with Gasteiger partial charge in [0.25, 0.3) is 0 Å². The van der Waals surface area contributed by atoms with E-state index >= 15 is 0 Å². The van der Waals surface area contributed by atoms with Crippen LogP contribution < -0.4 is 0 Å². The molecule has 0 amide bonds. The van der Waals surface area contributed by atoms with Crippen LogP contribution in [0.4, 0.5) is 0 Å². The van der Waals surface area contributed by atoms with E-state index < -0.39 is 0 Å². The van der Waals surface area contributed by atoms with Crippen LogP contribution in [0.3, 0.4) is 0 Å². The van der Waals surface area contributed by atoms with Crippen molar-refractivity contribution in [2.24, 2.45) is 0 Å². The fourth-order valence-electron chi connectivity index (χ4n) is 7.24. The second kappa shape index (κ2) is 10.0. The van der Waals surface area contributed by atoms with Gasteiger partial charge in [-0.05, 0) is 114 Å². The van der Waals surface area contributed by atoms with E-state index in [1.807, 2.05) is 0 Å². The van der Waals surface area contributed by atoms with Gasteiger partial charge in [-0.25, -0.2) is 0 Å². The molecule has 0 radical (unpaired) electrons. The van der Waals surface area contributed by atoms with Crippen LogP contribution in [-0.4, -0.2) is 0 Å². The molecule has 208 valence electrons. The fourth-order valence-corrected chi connectivity index (χ4v) is 7.24. The number of allylic oxidation sites excluding steroid dienone is 4. The van der Waals surface area contributed by atoms with Gasteiger partial charge in [-0.1, -0.05) is 134 Å². The largest absolute Gasteiger partial charge is 0.0801 e. The van der Waals surface area contributed by atoms with E-state index in [1.165, 1.54) is 72.3 Å². The van der Waals surface area contributed by atoms with Crippen LogP contribution in [0.1, 0.15) is 101 Å². The second-order valence-corrected chi connectivity index (χ2v) is 14.3. The Morgan fingerprint density at radius 1 is 0.659 bits per heavy atom. The maximum absolute atomic E-state index is 2.56. The van der Waals surface area contributed by atoms with Crippen molar-refractivity contribution in [3.8, 4) is 33.4 Å². The van der Waals surface area contributed by atoms with Gasteiger partial charge in [0, 0.05) is 0 Å². The summed E-state index contributed by atoms with van der Waals surface area (Å²) in [5.74, 6) is 0.412. The molecule has 2 aliphatic carbocycles. The first kappa shape index (κ1) is 27.5. The Hall–Kier alpha value is -3.64. The Bertz CT molecular complexity index is 1680. The molecule has 0 spiro atoms. The summed E-state index contributed by atoms with van der Waals surface area (Å²) in [6, 6.07) is 27.3. The molecule has 2 aliphatic rings. The first-order chi connectivity index (χ1) is 19.5.